The van der Waals surface area contributed by atoms with Gasteiger partial charge < -0.3 is 0 Å². The molecular weight excluding hydrogens is 251 g/mol. The highest BCUT2D eigenvalue weighted by Crippen LogP contribution is 2.11. The van der Waals surface area contributed by atoms with Crippen molar-refractivity contribution in [2.45, 2.75) is 13.8 Å². The summed E-state index contributed by atoms with van der Waals surface area (Å²) in [7, 11) is 0. The highest BCUT2D eigenvalue weighted by molar-refractivity contribution is 14.1. The minimum absolute atomic E-state index is 0.106. The molecule has 0 atom stereocenters. The van der Waals surface area contributed by atoms with Gasteiger partial charge in [0.1, 0.15) is 0 Å². The second-order valence-corrected chi connectivity index (χ2v) is 3.63. The van der Waals surface area contributed by atoms with Crippen LogP contribution in [0.5, 0.6) is 0 Å². The molecule has 0 unspecified atom stereocenters. The van der Waals surface area contributed by atoms with Crippen LogP contribution in [0.1, 0.15) is 21.5 Å². The fourth-order valence-electron chi connectivity index (χ4n) is 1.09. The zero-order valence-electron chi connectivity index (χ0n) is 6.52. The molecule has 0 saturated carbocycles. The van der Waals surface area contributed by atoms with E-state index in [-0.39, 0.29) is 3.79 Å². The SMILES string of the molecule is Cc1cc(C)cc(C(=O)I)c1. The summed E-state index contributed by atoms with van der Waals surface area (Å²) in [5, 5.41) is 0. The standard InChI is InChI=1S/C9H9IO/c1-6-3-7(2)5-8(4-6)9(10)11/h3-5H,1-2H3. The molecular formula is C9H9IO. The smallest absolute Gasteiger partial charge is 0.222 e. The molecule has 0 fully saturated rings. The molecule has 0 amide bonds. The van der Waals surface area contributed by atoms with Crippen molar-refractivity contribution in [3.63, 3.8) is 0 Å². The molecule has 0 N–H and O–H groups in total. The van der Waals surface area contributed by atoms with Crippen molar-refractivity contribution < 1.29 is 4.79 Å². The van der Waals surface area contributed by atoms with E-state index in [1.165, 1.54) is 0 Å². The summed E-state index contributed by atoms with van der Waals surface area (Å²) in [6, 6.07) is 5.87. The van der Waals surface area contributed by atoms with Crippen LogP contribution in [-0.2, 0) is 0 Å². The fourth-order valence-corrected chi connectivity index (χ4v) is 1.40. The van der Waals surface area contributed by atoms with Gasteiger partial charge in [0.05, 0.1) is 0 Å². The average molecular weight is 260 g/mol. The summed E-state index contributed by atoms with van der Waals surface area (Å²) >= 11 is 1.80. The number of benzene rings is 1. The van der Waals surface area contributed by atoms with Gasteiger partial charge in [-0.3, -0.25) is 4.79 Å². The van der Waals surface area contributed by atoms with Crippen molar-refractivity contribution in [3.05, 3.63) is 34.9 Å². The number of halogens is 1. The summed E-state index contributed by atoms with van der Waals surface area (Å²) in [6.07, 6.45) is 0. The first-order valence-electron chi connectivity index (χ1n) is 3.38. The van der Waals surface area contributed by atoms with Crippen LogP contribution in [0, 0.1) is 13.8 Å². The monoisotopic (exact) mass is 260 g/mol. The van der Waals surface area contributed by atoms with Gasteiger partial charge >= 0.3 is 0 Å². The topological polar surface area (TPSA) is 17.1 Å². The molecule has 0 aliphatic heterocycles. The Kier molecular flexibility index (Phi) is 2.65. The van der Waals surface area contributed by atoms with Crippen molar-refractivity contribution in [2.75, 3.05) is 0 Å². The lowest BCUT2D eigenvalue weighted by molar-refractivity contribution is 0.110. The lowest BCUT2D eigenvalue weighted by Crippen LogP contribution is -1.89. The lowest BCUT2D eigenvalue weighted by Gasteiger charge is -1.98. The molecule has 0 bridgehead atoms. The second-order valence-electron chi connectivity index (χ2n) is 2.65. The first-order chi connectivity index (χ1) is 5.09. The Morgan fingerprint density at radius 2 is 1.64 bits per heavy atom. The molecule has 58 valence electrons. The third kappa shape index (κ3) is 2.29. The van der Waals surface area contributed by atoms with Gasteiger partial charge in [0.25, 0.3) is 0 Å². The van der Waals surface area contributed by atoms with E-state index in [0.717, 1.165) is 16.7 Å². The molecule has 0 aliphatic carbocycles. The van der Waals surface area contributed by atoms with Crippen LogP contribution >= 0.6 is 22.6 Å². The van der Waals surface area contributed by atoms with Crippen LogP contribution in [0.15, 0.2) is 18.2 Å². The number of carbonyl (C=O) groups excluding carboxylic acids is 1. The molecule has 1 aromatic carbocycles. The quantitative estimate of drug-likeness (QED) is 0.560. The van der Waals surface area contributed by atoms with Crippen molar-refractivity contribution in [1.29, 1.82) is 0 Å². The van der Waals surface area contributed by atoms with Crippen LogP contribution < -0.4 is 0 Å². The molecule has 1 nitrogen and oxygen atoms in total. The summed E-state index contributed by atoms with van der Waals surface area (Å²) < 4.78 is 0.106. The van der Waals surface area contributed by atoms with E-state index in [0.29, 0.717) is 0 Å². The largest absolute Gasteiger partial charge is 0.282 e. The predicted molar refractivity (Wildman–Crippen MR) is 54.3 cm³/mol. The summed E-state index contributed by atoms with van der Waals surface area (Å²) in [5.41, 5.74) is 3.08. The maximum Gasteiger partial charge on any atom is 0.222 e. The Bertz CT molecular complexity index is 271. The molecule has 0 heterocycles. The van der Waals surface area contributed by atoms with E-state index in [1.54, 1.807) is 22.6 Å². The van der Waals surface area contributed by atoms with Crippen LogP contribution in [0.2, 0.25) is 0 Å². The molecule has 2 heteroatoms. The Morgan fingerprint density at radius 3 is 2.00 bits per heavy atom. The third-order valence-corrected chi connectivity index (χ3v) is 2.07. The predicted octanol–water partition coefficient (Wildman–Crippen LogP) is 2.88. The molecule has 11 heavy (non-hydrogen) atoms. The van der Waals surface area contributed by atoms with Crippen molar-refractivity contribution in [3.8, 4) is 0 Å². The number of hydrogen-bond acceptors (Lipinski definition) is 1. The first-order valence-corrected chi connectivity index (χ1v) is 4.45. The van der Waals surface area contributed by atoms with Crippen LogP contribution in [0.25, 0.3) is 0 Å². The maximum atomic E-state index is 10.9. The van der Waals surface area contributed by atoms with Crippen molar-refractivity contribution in [2.24, 2.45) is 0 Å². The molecule has 0 spiro atoms. The zero-order chi connectivity index (χ0) is 8.43. The molecule has 0 radical (unpaired) electrons. The van der Waals surface area contributed by atoms with Crippen LogP contribution in [0.4, 0.5) is 0 Å². The Morgan fingerprint density at radius 1 is 1.18 bits per heavy atom. The van der Waals surface area contributed by atoms with Gasteiger partial charge in [0, 0.05) is 28.2 Å². The van der Waals surface area contributed by atoms with E-state index >= 15 is 0 Å². The number of carbonyl (C=O) groups is 1. The first kappa shape index (κ1) is 8.71. The Balaban J connectivity index is 3.19. The third-order valence-electron chi connectivity index (χ3n) is 1.45. The number of hydrogen-bond donors (Lipinski definition) is 0. The highest BCUT2D eigenvalue weighted by atomic mass is 127. The van der Waals surface area contributed by atoms with E-state index in [4.69, 9.17) is 0 Å². The zero-order valence-corrected chi connectivity index (χ0v) is 8.68. The van der Waals surface area contributed by atoms with Crippen molar-refractivity contribution in [1.82, 2.24) is 0 Å². The Labute approximate surface area is 79.9 Å². The van der Waals surface area contributed by atoms with Gasteiger partial charge in [-0.1, -0.05) is 17.2 Å². The lowest BCUT2D eigenvalue weighted by atomic mass is 10.1. The summed E-state index contributed by atoms with van der Waals surface area (Å²) in [4.78, 5) is 10.9. The molecule has 0 aliphatic rings. The minimum Gasteiger partial charge on any atom is -0.282 e. The molecule has 0 aromatic heterocycles. The second kappa shape index (κ2) is 3.34. The molecule has 0 saturated heterocycles. The van der Waals surface area contributed by atoms with E-state index in [9.17, 15) is 4.79 Å². The van der Waals surface area contributed by atoms with Gasteiger partial charge in [-0.25, -0.2) is 0 Å². The Hall–Kier alpha value is -0.380. The number of aryl methyl sites for hydroxylation is 2. The average Bonchev–Trinajstić information content (AvgIpc) is 1.85. The van der Waals surface area contributed by atoms with Crippen LogP contribution in [-0.4, -0.2) is 3.79 Å². The van der Waals surface area contributed by atoms with E-state index < -0.39 is 0 Å². The maximum absolute atomic E-state index is 10.9. The minimum atomic E-state index is 0.106. The van der Waals surface area contributed by atoms with Crippen LogP contribution in [0.3, 0.4) is 0 Å². The highest BCUT2D eigenvalue weighted by Gasteiger charge is 2.00. The van der Waals surface area contributed by atoms with Gasteiger partial charge in [0.2, 0.25) is 3.79 Å². The molecule has 1 rings (SSSR count). The summed E-state index contributed by atoms with van der Waals surface area (Å²) in [5.74, 6) is 0. The number of rotatable bonds is 1. The fraction of sp³-hybridized carbons (Fsp3) is 0.222. The molecule has 1 aromatic rings. The van der Waals surface area contributed by atoms with Crippen molar-refractivity contribution >= 4 is 26.4 Å². The van der Waals surface area contributed by atoms with Gasteiger partial charge in [-0.2, -0.15) is 0 Å². The normalized spacial score (nSPS) is 9.73. The summed E-state index contributed by atoms with van der Waals surface area (Å²) in [6.45, 7) is 3.99. The van der Waals surface area contributed by atoms with E-state index in [2.05, 4.69) is 6.07 Å². The van der Waals surface area contributed by atoms with E-state index in [1.807, 2.05) is 26.0 Å². The van der Waals surface area contributed by atoms with Gasteiger partial charge in [-0.15, -0.1) is 0 Å². The van der Waals surface area contributed by atoms with Gasteiger partial charge in [-0.05, 0) is 26.0 Å². The van der Waals surface area contributed by atoms with Gasteiger partial charge in [0.15, 0.2) is 0 Å².